The molecule has 6 nitrogen and oxygen atoms in total. The highest BCUT2D eigenvalue weighted by Gasteiger charge is 2.20. The zero-order valence-electron chi connectivity index (χ0n) is 10.5. The molecule has 0 aromatic carbocycles. The third kappa shape index (κ3) is 4.92. The summed E-state index contributed by atoms with van der Waals surface area (Å²) in [5.41, 5.74) is 1.04. The molecule has 0 aliphatic rings. The molecule has 0 radical (unpaired) electrons. The lowest BCUT2D eigenvalue weighted by atomic mass is 10.2. The first-order valence-electron chi connectivity index (χ1n) is 5.56. The fourth-order valence-electron chi connectivity index (χ4n) is 1.61. The van der Waals surface area contributed by atoms with Gasteiger partial charge in [-0.1, -0.05) is 0 Å². The van der Waals surface area contributed by atoms with Crippen LogP contribution in [-0.4, -0.2) is 46.5 Å². The predicted octanol–water partition coefficient (Wildman–Crippen LogP) is 0.103. The number of likely N-dealkylation sites (N-methyl/N-ethyl adjacent to an activating group) is 1. The number of rotatable bonds is 6. The van der Waals surface area contributed by atoms with Gasteiger partial charge >= 0.3 is 5.97 Å². The second-order valence-corrected chi connectivity index (χ2v) is 4.14. The smallest absolute Gasteiger partial charge is 0.327 e. The average Bonchev–Trinajstić information content (AvgIpc) is 2.28. The molecule has 1 aromatic heterocycles. The zero-order chi connectivity index (χ0) is 13.5. The number of aromatic nitrogens is 1. The van der Waals surface area contributed by atoms with Crippen LogP contribution in [0.25, 0.3) is 0 Å². The summed E-state index contributed by atoms with van der Waals surface area (Å²) in [5.74, 6) is -1.38. The molecule has 1 atom stereocenters. The van der Waals surface area contributed by atoms with Crippen molar-refractivity contribution >= 4 is 11.9 Å². The van der Waals surface area contributed by atoms with Crippen molar-refractivity contribution in [2.45, 2.75) is 19.5 Å². The third-order valence-electron chi connectivity index (χ3n) is 2.37. The summed E-state index contributed by atoms with van der Waals surface area (Å²) in [6.07, 6.45) is 3.37. The number of carboxylic acid groups (broad SMARTS) is 1. The summed E-state index contributed by atoms with van der Waals surface area (Å²) in [7, 11) is 1.80. The van der Waals surface area contributed by atoms with Crippen molar-refractivity contribution in [2.24, 2.45) is 0 Å². The molecule has 0 saturated carbocycles. The summed E-state index contributed by atoms with van der Waals surface area (Å²) in [5, 5.41) is 11.4. The highest BCUT2D eigenvalue weighted by molar-refractivity contribution is 5.82. The van der Waals surface area contributed by atoms with Crippen molar-refractivity contribution in [2.75, 3.05) is 13.6 Å². The molecule has 0 aliphatic heterocycles. The Balaban J connectivity index is 2.53. The van der Waals surface area contributed by atoms with Crippen LogP contribution in [0.4, 0.5) is 0 Å². The normalized spacial score (nSPS) is 12.2. The van der Waals surface area contributed by atoms with Gasteiger partial charge in [0.2, 0.25) is 5.91 Å². The minimum Gasteiger partial charge on any atom is -0.480 e. The maximum Gasteiger partial charge on any atom is 0.327 e. The van der Waals surface area contributed by atoms with Gasteiger partial charge in [0.15, 0.2) is 0 Å². The summed E-state index contributed by atoms with van der Waals surface area (Å²) < 4.78 is 0. The maximum absolute atomic E-state index is 11.0. The highest BCUT2D eigenvalue weighted by atomic mass is 16.4. The Bertz CT molecular complexity index is 408. The molecule has 1 aromatic rings. The Morgan fingerprint density at radius 3 is 2.56 bits per heavy atom. The number of amides is 1. The van der Waals surface area contributed by atoms with Crippen LogP contribution in [0.2, 0.25) is 0 Å². The van der Waals surface area contributed by atoms with Gasteiger partial charge in [-0.3, -0.25) is 14.7 Å². The van der Waals surface area contributed by atoms with Gasteiger partial charge in [-0.15, -0.1) is 0 Å². The van der Waals surface area contributed by atoms with E-state index in [1.807, 2.05) is 17.0 Å². The Labute approximate surface area is 106 Å². The molecule has 98 valence electrons. The molecular weight excluding hydrogens is 234 g/mol. The van der Waals surface area contributed by atoms with Gasteiger partial charge in [0.05, 0.1) is 0 Å². The second kappa shape index (κ2) is 6.70. The Kier molecular flexibility index (Phi) is 5.26. The van der Waals surface area contributed by atoms with E-state index in [4.69, 9.17) is 5.11 Å². The highest BCUT2D eigenvalue weighted by Crippen LogP contribution is 2.02. The fourth-order valence-corrected chi connectivity index (χ4v) is 1.61. The zero-order valence-corrected chi connectivity index (χ0v) is 10.5. The number of carboxylic acids is 1. The molecular formula is C12H17N3O3. The number of carbonyl (C=O) groups excluding carboxylic acids is 1. The van der Waals surface area contributed by atoms with Crippen LogP contribution in [0.5, 0.6) is 0 Å². The number of hydrogen-bond acceptors (Lipinski definition) is 4. The van der Waals surface area contributed by atoms with Crippen LogP contribution in [-0.2, 0) is 16.1 Å². The number of carbonyl (C=O) groups is 2. The van der Waals surface area contributed by atoms with E-state index >= 15 is 0 Å². The quantitative estimate of drug-likeness (QED) is 0.749. The Morgan fingerprint density at radius 2 is 2.06 bits per heavy atom. The van der Waals surface area contributed by atoms with Crippen LogP contribution in [0, 0.1) is 0 Å². The van der Waals surface area contributed by atoms with E-state index in [1.165, 1.54) is 6.92 Å². The number of pyridine rings is 1. The largest absolute Gasteiger partial charge is 0.480 e. The van der Waals surface area contributed by atoms with Gasteiger partial charge < -0.3 is 10.4 Å². The monoisotopic (exact) mass is 251 g/mol. The lowest BCUT2D eigenvalue weighted by molar-refractivity contribution is -0.142. The number of nitrogens with one attached hydrogen (secondary N) is 1. The standard InChI is InChI=1S/C12H17N3O3/c1-9(16)14-11(12(17)18)8-15(2)7-10-3-5-13-6-4-10/h3-6,11H,7-8H2,1-2H3,(H,14,16)(H,17,18). The second-order valence-electron chi connectivity index (χ2n) is 4.14. The molecule has 1 heterocycles. The van der Waals surface area contributed by atoms with Crippen LogP contribution in [0.15, 0.2) is 24.5 Å². The van der Waals surface area contributed by atoms with Gasteiger partial charge in [0.1, 0.15) is 6.04 Å². The van der Waals surface area contributed by atoms with Crippen LogP contribution < -0.4 is 5.32 Å². The van der Waals surface area contributed by atoms with Gasteiger partial charge in [-0.2, -0.15) is 0 Å². The number of hydrogen-bond donors (Lipinski definition) is 2. The van der Waals surface area contributed by atoms with Gasteiger partial charge in [-0.05, 0) is 24.7 Å². The Morgan fingerprint density at radius 1 is 1.44 bits per heavy atom. The van der Waals surface area contributed by atoms with Crippen molar-refractivity contribution in [3.05, 3.63) is 30.1 Å². The summed E-state index contributed by atoms with van der Waals surface area (Å²) >= 11 is 0. The first-order valence-corrected chi connectivity index (χ1v) is 5.56. The maximum atomic E-state index is 11.0. The summed E-state index contributed by atoms with van der Waals surface area (Å²) in [6.45, 7) is 2.15. The molecule has 1 rings (SSSR count). The van der Waals surface area contributed by atoms with Crippen molar-refractivity contribution in [3.8, 4) is 0 Å². The van der Waals surface area contributed by atoms with Crippen LogP contribution in [0.1, 0.15) is 12.5 Å². The molecule has 0 fully saturated rings. The van der Waals surface area contributed by atoms with Crippen LogP contribution in [0.3, 0.4) is 0 Å². The third-order valence-corrected chi connectivity index (χ3v) is 2.37. The molecule has 1 unspecified atom stereocenters. The average molecular weight is 251 g/mol. The number of nitrogens with zero attached hydrogens (tertiary/aromatic N) is 2. The lowest BCUT2D eigenvalue weighted by Gasteiger charge is -2.21. The minimum absolute atomic E-state index is 0.247. The topological polar surface area (TPSA) is 82.5 Å². The molecule has 0 bridgehead atoms. The molecule has 6 heteroatoms. The minimum atomic E-state index is -1.04. The van der Waals surface area contributed by atoms with Crippen molar-refractivity contribution in [1.82, 2.24) is 15.2 Å². The van der Waals surface area contributed by atoms with E-state index in [2.05, 4.69) is 10.3 Å². The first kappa shape index (κ1) is 14.1. The first-order chi connectivity index (χ1) is 8.49. The van der Waals surface area contributed by atoms with Gasteiger partial charge in [-0.25, -0.2) is 4.79 Å². The summed E-state index contributed by atoms with van der Waals surface area (Å²) in [4.78, 5) is 27.6. The molecule has 0 saturated heterocycles. The van der Waals surface area contributed by atoms with E-state index in [-0.39, 0.29) is 12.5 Å². The van der Waals surface area contributed by atoms with E-state index in [0.717, 1.165) is 5.56 Å². The van der Waals surface area contributed by atoms with E-state index in [9.17, 15) is 9.59 Å². The molecule has 18 heavy (non-hydrogen) atoms. The van der Waals surface area contributed by atoms with Gasteiger partial charge in [0, 0.05) is 32.4 Å². The molecule has 0 aliphatic carbocycles. The Hall–Kier alpha value is -1.95. The fraction of sp³-hybridized carbons (Fsp3) is 0.417. The van der Waals surface area contributed by atoms with Crippen molar-refractivity contribution < 1.29 is 14.7 Å². The molecule has 1 amide bonds. The van der Waals surface area contributed by atoms with Crippen LogP contribution >= 0.6 is 0 Å². The lowest BCUT2D eigenvalue weighted by Crippen LogP contribution is -2.46. The van der Waals surface area contributed by atoms with E-state index in [1.54, 1.807) is 19.4 Å². The number of aliphatic carboxylic acids is 1. The predicted molar refractivity (Wildman–Crippen MR) is 65.8 cm³/mol. The summed E-state index contributed by atoms with van der Waals surface area (Å²) in [6, 6.07) is 2.84. The molecule has 2 N–H and O–H groups in total. The van der Waals surface area contributed by atoms with Gasteiger partial charge in [0.25, 0.3) is 0 Å². The van der Waals surface area contributed by atoms with E-state index in [0.29, 0.717) is 6.54 Å². The van der Waals surface area contributed by atoms with E-state index < -0.39 is 12.0 Å². The van der Waals surface area contributed by atoms with Crippen molar-refractivity contribution in [1.29, 1.82) is 0 Å². The molecule has 0 spiro atoms. The SMILES string of the molecule is CC(=O)NC(CN(C)Cc1ccncc1)C(=O)O. The van der Waals surface area contributed by atoms with Crippen molar-refractivity contribution in [3.63, 3.8) is 0 Å².